The van der Waals surface area contributed by atoms with Gasteiger partial charge in [-0.3, -0.25) is 10.1 Å². The lowest BCUT2D eigenvalue weighted by Gasteiger charge is -2.37. The zero-order valence-corrected chi connectivity index (χ0v) is 13.1. The van der Waals surface area contributed by atoms with Crippen molar-refractivity contribution in [2.45, 2.75) is 44.2 Å². The molecule has 0 spiro atoms. The maximum atomic E-state index is 11.1. The molecule has 0 amide bonds. The summed E-state index contributed by atoms with van der Waals surface area (Å²) in [6, 6.07) is 6.96. The van der Waals surface area contributed by atoms with Crippen molar-refractivity contribution in [3.05, 3.63) is 39.9 Å². The first kappa shape index (κ1) is 15.9. The van der Waals surface area contributed by atoms with E-state index >= 15 is 0 Å². The van der Waals surface area contributed by atoms with E-state index in [2.05, 4.69) is 24.3 Å². The number of para-hydroxylation sites is 1. The fourth-order valence-corrected chi connectivity index (χ4v) is 3.29. The van der Waals surface area contributed by atoms with Crippen LogP contribution in [0.2, 0.25) is 0 Å². The van der Waals surface area contributed by atoms with Gasteiger partial charge in [-0.2, -0.15) is 0 Å². The summed E-state index contributed by atoms with van der Waals surface area (Å²) in [5, 5.41) is 14.6. The first-order valence-corrected chi connectivity index (χ1v) is 7.60. The number of rotatable bonds is 6. The molecule has 5 heteroatoms. The first-order valence-electron chi connectivity index (χ1n) is 7.60. The number of hydrogen-bond acceptors (Lipinski definition) is 4. The van der Waals surface area contributed by atoms with Gasteiger partial charge in [0.05, 0.1) is 4.92 Å². The Morgan fingerprint density at radius 3 is 2.52 bits per heavy atom. The van der Waals surface area contributed by atoms with Gasteiger partial charge in [0, 0.05) is 29.8 Å². The summed E-state index contributed by atoms with van der Waals surface area (Å²) in [7, 11) is 4.26. The summed E-state index contributed by atoms with van der Waals surface area (Å²) in [4.78, 5) is 13.1. The monoisotopic (exact) mass is 291 g/mol. The third-order valence-electron chi connectivity index (χ3n) is 4.82. The lowest BCUT2D eigenvalue weighted by atomic mass is 9.95. The maximum absolute atomic E-state index is 11.1. The van der Waals surface area contributed by atoms with Crippen molar-refractivity contribution >= 4 is 5.69 Å². The topological polar surface area (TPSA) is 58.4 Å². The van der Waals surface area contributed by atoms with Crippen molar-refractivity contribution in [1.82, 2.24) is 10.2 Å². The zero-order chi connectivity index (χ0) is 15.5. The highest BCUT2D eigenvalue weighted by atomic mass is 16.6. The van der Waals surface area contributed by atoms with E-state index in [1.54, 1.807) is 12.1 Å². The Morgan fingerprint density at radius 2 is 1.95 bits per heavy atom. The van der Waals surface area contributed by atoms with Crippen molar-refractivity contribution in [3.8, 4) is 0 Å². The minimum atomic E-state index is -0.301. The molecule has 1 saturated carbocycles. The van der Waals surface area contributed by atoms with Gasteiger partial charge in [-0.25, -0.2) is 0 Å². The average molecular weight is 291 g/mol. The molecule has 116 valence electrons. The Balaban J connectivity index is 2.08. The van der Waals surface area contributed by atoms with Crippen molar-refractivity contribution in [3.63, 3.8) is 0 Å². The molecule has 2 rings (SSSR count). The molecule has 0 aliphatic heterocycles. The Bertz CT molecular complexity index is 496. The van der Waals surface area contributed by atoms with Crippen molar-refractivity contribution in [2.24, 2.45) is 0 Å². The molecule has 1 N–H and O–H groups in total. The fourth-order valence-electron chi connectivity index (χ4n) is 3.29. The zero-order valence-electron chi connectivity index (χ0n) is 13.1. The van der Waals surface area contributed by atoms with Crippen LogP contribution in [0, 0.1) is 10.1 Å². The van der Waals surface area contributed by atoms with Crippen LogP contribution in [-0.2, 0) is 0 Å². The third-order valence-corrected chi connectivity index (χ3v) is 4.82. The van der Waals surface area contributed by atoms with Gasteiger partial charge in [0.2, 0.25) is 0 Å². The molecule has 5 nitrogen and oxygen atoms in total. The minimum absolute atomic E-state index is 0.0241. The summed E-state index contributed by atoms with van der Waals surface area (Å²) in [6.45, 7) is 2.87. The fraction of sp³-hybridized carbons (Fsp3) is 0.625. The summed E-state index contributed by atoms with van der Waals surface area (Å²) in [5.74, 6) is 0. The van der Waals surface area contributed by atoms with Gasteiger partial charge in [-0.15, -0.1) is 0 Å². The first-order chi connectivity index (χ1) is 9.96. The lowest BCUT2D eigenvalue weighted by Crippen LogP contribution is -2.50. The van der Waals surface area contributed by atoms with E-state index in [-0.39, 0.29) is 22.2 Å². The molecule has 1 atom stereocenters. The molecule has 0 aromatic heterocycles. The van der Waals surface area contributed by atoms with Crippen LogP contribution in [0.5, 0.6) is 0 Å². The number of likely N-dealkylation sites (N-methyl/N-ethyl adjacent to an activating group) is 1. The van der Waals surface area contributed by atoms with Gasteiger partial charge in [-0.1, -0.05) is 31.0 Å². The number of nitro groups is 1. The molecule has 1 aliphatic rings. The highest BCUT2D eigenvalue weighted by molar-refractivity contribution is 5.41. The van der Waals surface area contributed by atoms with Crippen LogP contribution < -0.4 is 5.32 Å². The lowest BCUT2D eigenvalue weighted by molar-refractivity contribution is -0.385. The second-order valence-corrected chi connectivity index (χ2v) is 6.24. The molecule has 0 heterocycles. The van der Waals surface area contributed by atoms with Crippen LogP contribution in [-0.4, -0.2) is 36.0 Å². The second-order valence-electron chi connectivity index (χ2n) is 6.24. The van der Waals surface area contributed by atoms with Crippen LogP contribution >= 0.6 is 0 Å². The standard InChI is InChI=1S/C16H25N3O2/c1-13(14-8-4-5-9-15(14)19(20)21)17-12-16(18(2)3)10-6-7-11-16/h4-5,8-9,13,17H,6-7,10-12H2,1-3H3. The molecule has 21 heavy (non-hydrogen) atoms. The minimum Gasteiger partial charge on any atom is -0.308 e. The molecule has 0 bridgehead atoms. The van der Waals surface area contributed by atoms with E-state index in [1.165, 1.54) is 25.7 Å². The summed E-state index contributed by atoms with van der Waals surface area (Å²) in [5.41, 5.74) is 1.15. The van der Waals surface area contributed by atoms with Gasteiger partial charge in [-0.05, 0) is 33.9 Å². The third kappa shape index (κ3) is 3.41. The van der Waals surface area contributed by atoms with Crippen LogP contribution in [0.15, 0.2) is 24.3 Å². The molecule has 1 aromatic carbocycles. The van der Waals surface area contributed by atoms with E-state index < -0.39 is 0 Å². The second kappa shape index (κ2) is 6.54. The predicted molar refractivity (Wildman–Crippen MR) is 84.4 cm³/mol. The van der Waals surface area contributed by atoms with E-state index in [9.17, 15) is 10.1 Å². The largest absolute Gasteiger partial charge is 0.308 e. The predicted octanol–water partition coefficient (Wildman–Crippen LogP) is 3.12. The Hall–Kier alpha value is -1.46. The smallest absolute Gasteiger partial charge is 0.274 e. The van der Waals surface area contributed by atoms with Gasteiger partial charge < -0.3 is 10.2 Å². The molecule has 0 radical (unpaired) electrons. The van der Waals surface area contributed by atoms with E-state index in [1.807, 2.05) is 19.1 Å². The molecule has 1 unspecified atom stereocenters. The average Bonchev–Trinajstić information content (AvgIpc) is 2.95. The number of hydrogen-bond donors (Lipinski definition) is 1. The molecular weight excluding hydrogens is 266 g/mol. The number of benzene rings is 1. The number of nitro benzene ring substituents is 1. The maximum Gasteiger partial charge on any atom is 0.274 e. The number of nitrogens with zero attached hydrogens (tertiary/aromatic N) is 2. The number of nitrogens with one attached hydrogen (secondary N) is 1. The van der Waals surface area contributed by atoms with Crippen molar-refractivity contribution in [2.75, 3.05) is 20.6 Å². The molecule has 1 aliphatic carbocycles. The van der Waals surface area contributed by atoms with Gasteiger partial charge in [0.15, 0.2) is 0 Å². The Labute approximate surface area is 126 Å². The van der Waals surface area contributed by atoms with Gasteiger partial charge >= 0.3 is 0 Å². The SMILES string of the molecule is CC(NCC1(N(C)C)CCCC1)c1ccccc1[N+](=O)[O-]. The highest BCUT2D eigenvalue weighted by Crippen LogP contribution is 2.34. The normalized spacial score (nSPS) is 18.9. The molecule has 1 fully saturated rings. The van der Waals surface area contributed by atoms with Crippen LogP contribution in [0.3, 0.4) is 0 Å². The van der Waals surface area contributed by atoms with Gasteiger partial charge in [0.25, 0.3) is 5.69 Å². The van der Waals surface area contributed by atoms with Crippen LogP contribution in [0.1, 0.15) is 44.2 Å². The van der Waals surface area contributed by atoms with Crippen LogP contribution in [0.4, 0.5) is 5.69 Å². The summed E-state index contributed by atoms with van der Waals surface area (Å²) >= 11 is 0. The van der Waals surface area contributed by atoms with Crippen molar-refractivity contribution in [1.29, 1.82) is 0 Å². The molecular formula is C16H25N3O2. The van der Waals surface area contributed by atoms with E-state index in [0.717, 1.165) is 12.1 Å². The van der Waals surface area contributed by atoms with E-state index in [0.29, 0.717) is 0 Å². The van der Waals surface area contributed by atoms with E-state index in [4.69, 9.17) is 0 Å². The Morgan fingerprint density at radius 1 is 1.33 bits per heavy atom. The Kier molecular flexibility index (Phi) is 4.96. The summed E-state index contributed by atoms with van der Waals surface area (Å²) < 4.78 is 0. The van der Waals surface area contributed by atoms with Crippen molar-refractivity contribution < 1.29 is 4.92 Å². The molecule has 1 aromatic rings. The van der Waals surface area contributed by atoms with Crippen LogP contribution in [0.25, 0.3) is 0 Å². The quantitative estimate of drug-likeness (QED) is 0.646. The summed E-state index contributed by atoms with van der Waals surface area (Å²) in [6.07, 6.45) is 4.91. The molecule has 0 saturated heterocycles. The highest BCUT2D eigenvalue weighted by Gasteiger charge is 2.36. The van der Waals surface area contributed by atoms with Gasteiger partial charge in [0.1, 0.15) is 0 Å².